The van der Waals surface area contributed by atoms with E-state index in [0.29, 0.717) is 21.2 Å². The number of sulfonamides is 1. The predicted molar refractivity (Wildman–Crippen MR) is 123 cm³/mol. The van der Waals surface area contributed by atoms with Gasteiger partial charge in [0.15, 0.2) is 0 Å². The highest BCUT2D eigenvalue weighted by Crippen LogP contribution is 2.58. The lowest BCUT2D eigenvalue weighted by Gasteiger charge is -2.38. The number of esters is 1. The molecule has 0 unspecified atom stereocenters. The van der Waals surface area contributed by atoms with Crippen LogP contribution in [-0.2, 0) is 19.6 Å². The molecule has 1 spiro atoms. The van der Waals surface area contributed by atoms with Crippen LogP contribution >= 0.6 is 15.9 Å². The number of benzene rings is 3. The van der Waals surface area contributed by atoms with E-state index >= 15 is 0 Å². The Morgan fingerprint density at radius 2 is 1.69 bits per heavy atom. The van der Waals surface area contributed by atoms with Crippen molar-refractivity contribution in [3.05, 3.63) is 100 Å². The highest BCUT2D eigenvalue weighted by molar-refractivity contribution is 9.10. The smallest absolute Gasteiger partial charge is 0.333 e. The number of halogens is 1. The van der Waals surface area contributed by atoms with E-state index < -0.39 is 27.8 Å². The third kappa shape index (κ3) is 2.80. The van der Waals surface area contributed by atoms with E-state index in [-0.39, 0.29) is 16.2 Å². The first kappa shape index (κ1) is 20.9. The summed E-state index contributed by atoms with van der Waals surface area (Å²) in [7, 11) is -4.28. The summed E-state index contributed by atoms with van der Waals surface area (Å²) in [5, 5.41) is 11.6. The summed E-state index contributed by atoms with van der Waals surface area (Å²) < 4.78 is 35.3. The molecule has 5 rings (SSSR count). The van der Waals surface area contributed by atoms with Crippen LogP contribution in [0.15, 0.2) is 88.2 Å². The molecule has 6 nitrogen and oxygen atoms in total. The molecule has 2 atom stereocenters. The molecule has 2 aliphatic heterocycles. The molecule has 0 radical (unpaired) electrons. The van der Waals surface area contributed by atoms with Crippen molar-refractivity contribution in [2.75, 3.05) is 4.31 Å². The van der Waals surface area contributed by atoms with Gasteiger partial charge >= 0.3 is 5.97 Å². The minimum Gasteiger partial charge on any atom is -0.427 e. The molecule has 0 amide bonds. The number of rotatable bonds is 3. The van der Waals surface area contributed by atoms with Gasteiger partial charge in [-0.15, -0.1) is 0 Å². The highest BCUT2D eigenvalue weighted by atomic mass is 79.9. The first-order valence-corrected chi connectivity index (χ1v) is 12.1. The van der Waals surface area contributed by atoms with Crippen LogP contribution in [0.4, 0.5) is 5.69 Å². The molecule has 3 aromatic carbocycles. The van der Waals surface area contributed by atoms with Gasteiger partial charge in [0, 0.05) is 21.7 Å². The van der Waals surface area contributed by atoms with Crippen molar-refractivity contribution in [1.29, 1.82) is 0 Å². The Kier molecular flexibility index (Phi) is 4.77. The molecule has 0 bridgehead atoms. The van der Waals surface area contributed by atoms with Crippen molar-refractivity contribution in [2.24, 2.45) is 0 Å². The topological polar surface area (TPSA) is 83.9 Å². The molecule has 0 saturated heterocycles. The Bertz CT molecular complexity index is 1390. The number of anilines is 1. The lowest BCUT2D eigenvalue weighted by atomic mass is 9.90. The molecule has 0 aromatic heterocycles. The molecule has 2 aliphatic rings. The standard InChI is InChI=1S/C24H18BrNO5S/c1-15-8-7-12-19-22(15)23(28)24(17(14-21(27)31-24)16-9-3-2-4-10-16)26(19)32(29,30)20-13-6-5-11-18(20)25/h2-14,23,28H,1H3/t23-,24-/m0/s1. The summed E-state index contributed by atoms with van der Waals surface area (Å²) in [5.74, 6) is -0.722. The van der Waals surface area contributed by atoms with Crippen molar-refractivity contribution in [3.63, 3.8) is 0 Å². The van der Waals surface area contributed by atoms with E-state index in [1.165, 1.54) is 12.1 Å². The number of nitrogens with zero attached hydrogens (tertiary/aromatic N) is 1. The second kappa shape index (κ2) is 7.30. The Morgan fingerprint density at radius 1 is 1.00 bits per heavy atom. The lowest BCUT2D eigenvalue weighted by Crippen LogP contribution is -2.53. The number of carbonyl (C=O) groups excluding carboxylic acids is 1. The van der Waals surface area contributed by atoms with Gasteiger partial charge < -0.3 is 9.84 Å². The molecule has 32 heavy (non-hydrogen) atoms. The number of hydrogen-bond donors (Lipinski definition) is 1. The summed E-state index contributed by atoms with van der Waals surface area (Å²) in [5.41, 5.74) is 0.247. The summed E-state index contributed by atoms with van der Waals surface area (Å²) in [6, 6.07) is 20.4. The maximum Gasteiger partial charge on any atom is 0.333 e. The van der Waals surface area contributed by atoms with E-state index in [1.54, 1.807) is 67.6 Å². The van der Waals surface area contributed by atoms with Gasteiger partial charge in [0.25, 0.3) is 15.7 Å². The molecule has 0 fully saturated rings. The fourth-order valence-electron chi connectivity index (χ4n) is 4.46. The number of aryl methyl sites for hydroxylation is 1. The van der Waals surface area contributed by atoms with Crippen LogP contribution in [0.5, 0.6) is 0 Å². The van der Waals surface area contributed by atoms with E-state index in [1.807, 2.05) is 6.07 Å². The molecule has 1 N–H and O–H groups in total. The van der Waals surface area contributed by atoms with Gasteiger partial charge in [0.1, 0.15) is 11.0 Å². The summed E-state index contributed by atoms with van der Waals surface area (Å²) >= 11 is 3.33. The van der Waals surface area contributed by atoms with Gasteiger partial charge in [0.05, 0.1) is 5.69 Å². The van der Waals surface area contributed by atoms with E-state index in [0.717, 1.165) is 4.31 Å². The maximum atomic E-state index is 14.1. The lowest BCUT2D eigenvalue weighted by molar-refractivity contribution is -0.151. The molecule has 0 saturated carbocycles. The van der Waals surface area contributed by atoms with Gasteiger partial charge in [-0.05, 0) is 52.2 Å². The molecule has 3 aromatic rings. The third-order valence-corrected chi connectivity index (χ3v) is 8.62. The van der Waals surface area contributed by atoms with Crippen LogP contribution in [0, 0.1) is 6.92 Å². The van der Waals surface area contributed by atoms with Gasteiger partial charge in [-0.1, -0.05) is 54.6 Å². The zero-order chi connectivity index (χ0) is 22.7. The quantitative estimate of drug-likeness (QED) is 0.528. The van der Waals surface area contributed by atoms with Crippen LogP contribution in [-0.4, -0.2) is 25.2 Å². The van der Waals surface area contributed by atoms with Gasteiger partial charge in [-0.2, -0.15) is 0 Å². The second-order valence-corrected chi connectivity index (χ2v) is 10.3. The summed E-state index contributed by atoms with van der Waals surface area (Å²) in [6.07, 6.45) is -0.170. The van der Waals surface area contributed by atoms with Crippen molar-refractivity contribution < 1.29 is 23.1 Å². The number of ether oxygens (including phenoxy) is 1. The normalized spacial score (nSPS) is 22.1. The highest BCUT2D eigenvalue weighted by Gasteiger charge is 2.64. The first-order chi connectivity index (χ1) is 15.3. The van der Waals surface area contributed by atoms with Crippen LogP contribution in [0.3, 0.4) is 0 Å². The van der Waals surface area contributed by atoms with Gasteiger partial charge in [-0.25, -0.2) is 17.5 Å². The first-order valence-electron chi connectivity index (χ1n) is 9.86. The monoisotopic (exact) mass is 511 g/mol. The second-order valence-electron chi connectivity index (χ2n) is 7.65. The van der Waals surface area contributed by atoms with E-state index in [2.05, 4.69) is 15.9 Å². The van der Waals surface area contributed by atoms with Crippen LogP contribution in [0.25, 0.3) is 5.57 Å². The average Bonchev–Trinajstić information content (AvgIpc) is 3.24. The zero-order valence-electron chi connectivity index (χ0n) is 16.9. The fraction of sp³-hybridized carbons (Fsp3) is 0.125. The molecule has 0 aliphatic carbocycles. The van der Waals surface area contributed by atoms with Crippen molar-refractivity contribution in [3.8, 4) is 0 Å². The number of aliphatic hydroxyl groups is 1. The largest absolute Gasteiger partial charge is 0.427 e. The Labute approximate surface area is 193 Å². The maximum absolute atomic E-state index is 14.1. The summed E-state index contributed by atoms with van der Waals surface area (Å²) in [6.45, 7) is 1.78. The van der Waals surface area contributed by atoms with Crippen molar-refractivity contribution in [1.82, 2.24) is 0 Å². The van der Waals surface area contributed by atoms with Gasteiger partial charge in [0.2, 0.25) is 0 Å². The molecular formula is C24H18BrNO5S. The third-order valence-electron chi connectivity index (χ3n) is 5.81. The van der Waals surface area contributed by atoms with E-state index in [9.17, 15) is 18.3 Å². The number of aliphatic hydroxyl groups excluding tert-OH is 1. The Hall–Kier alpha value is -2.94. The minimum absolute atomic E-state index is 0.00343. The molecular weight excluding hydrogens is 494 g/mol. The number of fused-ring (bicyclic) bond motifs is 1. The zero-order valence-corrected chi connectivity index (χ0v) is 19.3. The Balaban J connectivity index is 1.85. The number of hydrogen-bond acceptors (Lipinski definition) is 5. The fourth-order valence-corrected chi connectivity index (χ4v) is 7.14. The van der Waals surface area contributed by atoms with Crippen molar-refractivity contribution in [2.45, 2.75) is 23.6 Å². The number of carbonyl (C=O) groups is 1. The van der Waals surface area contributed by atoms with Crippen molar-refractivity contribution >= 4 is 43.2 Å². The minimum atomic E-state index is -4.28. The molecule has 8 heteroatoms. The molecule has 162 valence electrons. The van der Waals surface area contributed by atoms with E-state index in [4.69, 9.17) is 4.74 Å². The van der Waals surface area contributed by atoms with Crippen LogP contribution in [0.1, 0.15) is 22.8 Å². The van der Waals surface area contributed by atoms with Crippen LogP contribution < -0.4 is 4.31 Å². The Morgan fingerprint density at radius 3 is 2.41 bits per heavy atom. The summed E-state index contributed by atoms with van der Waals surface area (Å²) in [4.78, 5) is 12.6. The van der Waals surface area contributed by atoms with Crippen LogP contribution in [0.2, 0.25) is 0 Å². The average molecular weight is 512 g/mol. The van der Waals surface area contributed by atoms with Gasteiger partial charge in [-0.3, -0.25) is 0 Å². The SMILES string of the molecule is Cc1cccc2c1[C@H](O)[C@]1(OC(=O)C=C1c1ccccc1)N2S(=O)(=O)c1ccccc1Br. The molecule has 2 heterocycles. The predicted octanol–water partition coefficient (Wildman–Crippen LogP) is 4.34.